The van der Waals surface area contributed by atoms with Crippen LogP contribution in [0.4, 0.5) is 0 Å². The smallest absolute Gasteiger partial charge is 1.00 e. The van der Waals surface area contributed by atoms with Crippen molar-refractivity contribution in [1.29, 1.82) is 0 Å². The summed E-state index contributed by atoms with van der Waals surface area (Å²) in [5.41, 5.74) is 0.331. The van der Waals surface area contributed by atoms with Crippen molar-refractivity contribution in [3.8, 4) is 0 Å². The van der Waals surface area contributed by atoms with Crippen LogP contribution in [0, 0.1) is 0 Å². The van der Waals surface area contributed by atoms with Crippen LogP contribution in [0.2, 0.25) is 0 Å². The molecule has 0 bridgehead atoms. The van der Waals surface area contributed by atoms with Gasteiger partial charge in [0, 0.05) is 0 Å². The van der Waals surface area contributed by atoms with E-state index < -0.39 is 5.97 Å². The number of carboxylic acid groups (broad SMARTS) is 1. The first-order chi connectivity index (χ1) is 4.30. The molecule has 0 fully saturated rings. The number of hydrogen-bond donors (Lipinski definition) is 1. The van der Waals surface area contributed by atoms with E-state index in [0.29, 0.717) is 5.56 Å². The van der Waals surface area contributed by atoms with Gasteiger partial charge in [0.25, 0.3) is 0 Å². The SMILES string of the molecule is O=C(O)c1ccccc1.[H+].[H+].[H-].[Na+]. The van der Waals surface area contributed by atoms with Crippen LogP contribution in [-0.2, 0) is 0 Å². The van der Waals surface area contributed by atoms with Gasteiger partial charge in [0.1, 0.15) is 0 Å². The largest absolute Gasteiger partial charge is 1.00 e. The van der Waals surface area contributed by atoms with Gasteiger partial charge >= 0.3 is 38.4 Å². The van der Waals surface area contributed by atoms with Crippen LogP contribution in [0.1, 0.15) is 14.6 Å². The summed E-state index contributed by atoms with van der Waals surface area (Å²) in [7, 11) is 0. The van der Waals surface area contributed by atoms with E-state index in [0.717, 1.165) is 0 Å². The normalized spacial score (nSPS) is 8.00. The summed E-state index contributed by atoms with van der Waals surface area (Å²) in [6.45, 7) is 0. The fourth-order valence-electron chi connectivity index (χ4n) is 0.581. The molecule has 0 heterocycles. The van der Waals surface area contributed by atoms with Gasteiger partial charge in [-0.1, -0.05) is 18.2 Å². The third kappa shape index (κ3) is 2.52. The minimum atomic E-state index is -0.879. The van der Waals surface area contributed by atoms with Crippen LogP contribution in [-0.4, -0.2) is 11.1 Å². The summed E-state index contributed by atoms with van der Waals surface area (Å²) in [5.74, 6) is -0.879. The minimum Gasteiger partial charge on any atom is -1.00 e. The Kier molecular flexibility index (Phi) is 4.36. The predicted octanol–water partition coefficient (Wildman–Crippen LogP) is -1.27. The Balaban J connectivity index is -0.000000101. The first-order valence-corrected chi connectivity index (χ1v) is 2.59. The zero-order valence-electron chi connectivity index (χ0n) is 8.74. The molecule has 10 heavy (non-hydrogen) atoms. The standard InChI is InChI=1S/C7H6O2.Na.H/c8-7(9)6-4-2-1-3-5-6;;/h1-5H,(H,8,9);;/q;+1;-1/p+2. The van der Waals surface area contributed by atoms with Crippen LogP contribution < -0.4 is 29.6 Å². The first-order valence-electron chi connectivity index (χ1n) is 2.59. The molecule has 0 aliphatic carbocycles. The molecule has 0 saturated heterocycles. The molecule has 0 saturated carbocycles. The van der Waals surface area contributed by atoms with Gasteiger partial charge < -0.3 is 6.53 Å². The predicted molar refractivity (Wildman–Crippen MR) is 36.7 cm³/mol. The Hall–Kier alpha value is -0.310. The maximum absolute atomic E-state index is 10.2. The molecular formula is C7H9NaO2+2. The van der Waals surface area contributed by atoms with E-state index in [1.54, 1.807) is 30.3 Å². The third-order valence-corrected chi connectivity index (χ3v) is 1.02. The number of hydrogen-bond acceptors (Lipinski definition) is 1. The molecule has 1 aromatic carbocycles. The van der Waals surface area contributed by atoms with Gasteiger partial charge in [-0.3, -0.25) is 0 Å². The topological polar surface area (TPSA) is 37.3 Å². The van der Waals surface area contributed by atoms with Gasteiger partial charge in [-0.05, 0) is 12.1 Å². The molecule has 1 N–H and O–H groups in total. The molecule has 0 aromatic heterocycles. The van der Waals surface area contributed by atoms with E-state index in [4.69, 9.17) is 5.11 Å². The quantitative estimate of drug-likeness (QED) is 0.504. The van der Waals surface area contributed by atoms with Crippen LogP contribution in [0.5, 0.6) is 0 Å². The fraction of sp³-hybridized carbons (Fsp3) is 0. The van der Waals surface area contributed by atoms with Crippen LogP contribution in [0.15, 0.2) is 30.3 Å². The summed E-state index contributed by atoms with van der Waals surface area (Å²) >= 11 is 0. The van der Waals surface area contributed by atoms with Gasteiger partial charge in [0.05, 0.1) is 5.56 Å². The van der Waals surface area contributed by atoms with Crippen LogP contribution in [0.25, 0.3) is 0 Å². The Morgan fingerprint density at radius 2 is 1.90 bits per heavy atom. The monoisotopic (exact) mass is 148 g/mol. The summed E-state index contributed by atoms with van der Waals surface area (Å²) in [6, 6.07) is 8.30. The molecule has 0 amide bonds. The molecule has 1 aromatic rings. The minimum absolute atomic E-state index is 0. The molecule has 1 rings (SSSR count). The first kappa shape index (κ1) is 9.69. The number of benzene rings is 1. The Morgan fingerprint density at radius 1 is 1.40 bits per heavy atom. The van der Waals surface area contributed by atoms with E-state index >= 15 is 0 Å². The van der Waals surface area contributed by atoms with E-state index in [1.165, 1.54) is 0 Å². The van der Waals surface area contributed by atoms with E-state index in [-0.39, 0.29) is 33.8 Å². The van der Waals surface area contributed by atoms with Gasteiger partial charge in [0.15, 0.2) is 0 Å². The van der Waals surface area contributed by atoms with Gasteiger partial charge in [0.2, 0.25) is 0 Å². The van der Waals surface area contributed by atoms with Crippen LogP contribution in [0.3, 0.4) is 0 Å². The molecule has 0 spiro atoms. The average Bonchev–Trinajstić information content (AvgIpc) is 1.90. The van der Waals surface area contributed by atoms with E-state index in [1.807, 2.05) is 0 Å². The second-order valence-corrected chi connectivity index (χ2v) is 1.67. The van der Waals surface area contributed by atoms with Crippen molar-refractivity contribution in [2.75, 3.05) is 0 Å². The van der Waals surface area contributed by atoms with E-state index in [2.05, 4.69) is 0 Å². The van der Waals surface area contributed by atoms with Crippen molar-refractivity contribution in [2.45, 2.75) is 0 Å². The number of carbonyl (C=O) groups is 1. The molecule has 0 radical (unpaired) electrons. The Bertz CT molecular complexity index is 218. The van der Waals surface area contributed by atoms with E-state index in [9.17, 15) is 4.79 Å². The summed E-state index contributed by atoms with van der Waals surface area (Å²) < 4.78 is 0. The molecular weight excluding hydrogens is 139 g/mol. The maximum Gasteiger partial charge on any atom is 1.00 e. The van der Waals surface area contributed by atoms with Crippen molar-refractivity contribution in [3.63, 3.8) is 0 Å². The summed E-state index contributed by atoms with van der Waals surface area (Å²) in [5, 5.41) is 8.38. The van der Waals surface area contributed by atoms with Crippen molar-refractivity contribution in [1.82, 2.24) is 0 Å². The molecule has 0 aliphatic heterocycles. The molecule has 3 heteroatoms. The zero-order chi connectivity index (χ0) is 6.69. The summed E-state index contributed by atoms with van der Waals surface area (Å²) in [6.07, 6.45) is 0. The van der Waals surface area contributed by atoms with Crippen LogP contribution >= 0.6 is 0 Å². The maximum atomic E-state index is 10.2. The van der Waals surface area contributed by atoms with Gasteiger partial charge in [-0.2, -0.15) is 0 Å². The zero-order valence-corrected chi connectivity index (χ0v) is 7.74. The summed E-state index contributed by atoms with van der Waals surface area (Å²) in [4.78, 5) is 10.2. The fourth-order valence-corrected chi connectivity index (χ4v) is 0.581. The molecule has 0 aliphatic rings. The average molecular weight is 148 g/mol. The Labute approximate surface area is 85.6 Å². The molecule has 48 valence electrons. The molecule has 0 atom stereocenters. The molecule has 0 unspecified atom stereocenters. The van der Waals surface area contributed by atoms with Crippen molar-refractivity contribution in [3.05, 3.63) is 35.9 Å². The molecule has 2 nitrogen and oxygen atoms in total. The second kappa shape index (κ2) is 4.50. The third-order valence-electron chi connectivity index (χ3n) is 1.02. The number of rotatable bonds is 1. The van der Waals surface area contributed by atoms with Gasteiger partial charge in [-0.15, -0.1) is 0 Å². The number of aromatic carboxylic acids is 1. The van der Waals surface area contributed by atoms with Crippen molar-refractivity contribution < 1.29 is 43.7 Å². The second-order valence-electron chi connectivity index (χ2n) is 1.67. The van der Waals surface area contributed by atoms with Crippen molar-refractivity contribution >= 4 is 5.97 Å². The number of carboxylic acids is 1. The van der Waals surface area contributed by atoms with Crippen molar-refractivity contribution in [2.24, 2.45) is 0 Å². The Morgan fingerprint density at radius 3 is 2.20 bits per heavy atom. The van der Waals surface area contributed by atoms with Gasteiger partial charge in [-0.25, -0.2) is 4.79 Å².